The molecule has 4 aromatic rings. The number of carbonyl (C=O) groups excluding carboxylic acids is 1. The van der Waals surface area contributed by atoms with Crippen LogP contribution in [0.2, 0.25) is 0 Å². The number of aliphatic hydroxyl groups is 1. The number of aromatic nitrogens is 6. The number of amides is 1. The smallest absolute Gasteiger partial charge is 0.232 e. The highest BCUT2D eigenvalue weighted by molar-refractivity contribution is 7.15. The van der Waals surface area contributed by atoms with Gasteiger partial charge in [-0.25, -0.2) is 8.78 Å². The van der Waals surface area contributed by atoms with Gasteiger partial charge in [0.15, 0.2) is 0 Å². The van der Waals surface area contributed by atoms with Crippen molar-refractivity contribution in [2.24, 2.45) is 0 Å². The maximum absolute atomic E-state index is 13.3. The first-order chi connectivity index (χ1) is 22.3. The summed E-state index contributed by atoms with van der Waals surface area (Å²) in [7, 11) is 0. The van der Waals surface area contributed by atoms with Crippen LogP contribution in [0.15, 0.2) is 36.7 Å². The van der Waals surface area contributed by atoms with E-state index in [-0.39, 0.29) is 30.6 Å². The van der Waals surface area contributed by atoms with Crippen molar-refractivity contribution in [2.75, 3.05) is 46.6 Å². The molecule has 16 heteroatoms. The van der Waals surface area contributed by atoms with Crippen LogP contribution in [-0.4, -0.2) is 86.1 Å². The molecule has 2 aliphatic heterocycles. The summed E-state index contributed by atoms with van der Waals surface area (Å²) in [4.78, 5) is 25.2. The lowest BCUT2D eigenvalue weighted by atomic mass is 9.82. The molecule has 6 heterocycles. The van der Waals surface area contributed by atoms with E-state index in [2.05, 4.69) is 41.0 Å². The van der Waals surface area contributed by atoms with Crippen LogP contribution in [0.3, 0.4) is 0 Å². The summed E-state index contributed by atoms with van der Waals surface area (Å²) in [6.07, 6.45) is 5.01. The summed E-state index contributed by atoms with van der Waals surface area (Å²) in [5, 5.41) is 36.7. The quantitative estimate of drug-likeness (QED) is 0.199. The zero-order valence-corrected chi connectivity index (χ0v) is 26.6. The minimum absolute atomic E-state index is 0.0889. The topological polar surface area (TPSA) is 145 Å². The number of nitrogens with zero attached hydrogens (tertiary/aromatic N) is 8. The van der Waals surface area contributed by atoms with Crippen LogP contribution in [0.25, 0.3) is 0 Å². The van der Waals surface area contributed by atoms with Gasteiger partial charge in [-0.1, -0.05) is 29.1 Å². The van der Waals surface area contributed by atoms with Gasteiger partial charge in [-0.2, -0.15) is 0 Å². The van der Waals surface area contributed by atoms with Gasteiger partial charge in [-0.05, 0) is 43.5 Å². The molecule has 12 nitrogen and oxygen atoms in total. The molecule has 3 atom stereocenters. The lowest BCUT2D eigenvalue weighted by Gasteiger charge is -2.36. The molecule has 3 fully saturated rings. The Balaban J connectivity index is 0.902. The van der Waals surface area contributed by atoms with Gasteiger partial charge in [0.25, 0.3) is 0 Å². The number of nitrogens with one attached hydrogen (secondary N) is 2. The van der Waals surface area contributed by atoms with E-state index in [1.54, 1.807) is 12.4 Å². The van der Waals surface area contributed by atoms with E-state index in [0.717, 1.165) is 47.1 Å². The molecular weight excluding hydrogens is 635 g/mol. The molecule has 0 aromatic carbocycles. The Morgan fingerprint density at radius 2 is 1.43 bits per heavy atom. The van der Waals surface area contributed by atoms with Gasteiger partial charge in [-0.15, -0.1) is 20.4 Å². The van der Waals surface area contributed by atoms with Gasteiger partial charge in [0, 0.05) is 47.7 Å². The molecule has 3 aliphatic rings. The first-order valence-corrected chi connectivity index (χ1v) is 17.1. The number of carbonyl (C=O) groups is 1. The van der Waals surface area contributed by atoms with E-state index in [0.29, 0.717) is 47.8 Å². The average molecular weight is 669 g/mol. The van der Waals surface area contributed by atoms with Gasteiger partial charge in [-0.3, -0.25) is 14.8 Å². The number of halogens is 2. The number of hydrogen-bond acceptors (Lipinski definition) is 13. The Hall–Kier alpha value is -3.89. The monoisotopic (exact) mass is 668 g/mol. The fraction of sp³-hybridized carbons (Fsp3) is 0.500. The van der Waals surface area contributed by atoms with Crippen LogP contribution in [-0.2, 0) is 17.6 Å². The van der Waals surface area contributed by atoms with Crippen LogP contribution in [0, 0.1) is 0 Å². The number of rotatable bonds is 11. The molecule has 0 spiro atoms. The molecule has 4 aromatic heterocycles. The number of aliphatic hydroxyl groups excluding tert-OH is 1. The summed E-state index contributed by atoms with van der Waals surface area (Å²) in [6, 6.07) is 7.37. The largest absolute Gasteiger partial charge is 0.373 e. The zero-order valence-electron chi connectivity index (χ0n) is 24.9. The third-order valence-electron chi connectivity index (χ3n) is 8.54. The van der Waals surface area contributed by atoms with Crippen LogP contribution in [0.4, 0.5) is 30.4 Å². The second-order valence-corrected chi connectivity index (χ2v) is 14.1. The van der Waals surface area contributed by atoms with E-state index < -0.39 is 18.6 Å². The Bertz CT molecular complexity index is 1660. The van der Waals surface area contributed by atoms with Crippen molar-refractivity contribution in [2.45, 2.75) is 68.9 Å². The van der Waals surface area contributed by atoms with Crippen molar-refractivity contribution in [3.05, 3.63) is 58.1 Å². The van der Waals surface area contributed by atoms with E-state index in [1.165, 1.54) is 22.7 Å². The Labute approximate surface area is 272 Å². The van der Waals surface area contributed by atoms with E-state index in [1.807, 2.05) is 34.1 Å². The third-order valence-corrected chi connectivity index (χ3v) is 10.6. The Kier molecular flexibility index (Phi) is 8.99. The van der Waals surface area contributed by atoms with Gasteiger partial charge in [0.05, 0.1) is 38.3 Å². The molecule has 1 aliphatic carbocycles. The second-order valence-electron chi connectivity index (χ2n) is 12.1. The van der Waals surface area contributed by atoms with Crippen molar-refractivity contribution in [3.63, 3.8) is 0 Å². The Morgan fingerprint density at radius 1 is 0.870 bits per heavy atom. The summed E-state index contributed by atoms with van der Waals surface area (Å²) in [6.45, 7) is 1.50. The fourth-order valence-electron chi connectivity index (χ4n) is 6.07. The molecule has 242 valence electrons. The SMILES string of the molecule is O=C(Cc1cc(N2CC(F)C2)ccn1)Nc1nnc([C@H]2CCC[C@H](c3nnc(NC(O)Cc4cc(N5CC(F)C5)ccn4)s3)C2)s1. The molecular formula is C30H34F2N10O2S2. The molecule has 0 radical (unpaired) electrons. The molecule has 2 saturated heterocycles. The van der Waals surface area contributed by atoms with Crippen molar-refractivity contribution in [1.82, 2.24) is 30.4 Å². The van der Waals surface area contributed by atoms with Gasteiger partial charge >= 0.3 is 0 Å². The first kappa shape index (κ1) is 30.7. The predicted octanol–water partition coefficient (Wildman–Crippen LogP) is 4.09. The maximum Gasteiger partial charge on any atom is 0.232 e. The van der Waals surface area contributed by atoms with Gasteiger partial charge in [0.2, 0.25) is 16.2 Å². The van der Waals surface area contributed by atoms with E-state index in [9.17, 15) is 18.7 Å². The lowest BCUT2D eigenvalue weighted by Crippen LogP contribution is -2.48. The zero-order chi connectivity index (χ0) is 31.6. The summed E-state index contributed by atoms with van der Waals surface area (Å²) in [5.74, 6) is 0.170. The molecule has 1 amide bonds. The van der Waals surface area contributed by atoms with Crippen molar-refractivity contribution >= 4 is 50.2 Å². The predicted molar refractivity (Wildman–Crippen MR) is 172 cm³/mol. The minimum atomic E-state index is -0.896. The van der Waals surface area contributed by atoms with Crippen LogP contribution in [0.1, 0.15) is 58.9 Å². The standard InChI is InChI=1S/C30H34F2N10O2S2/c31-19-13-41(14-19)23-4-6-33-21(9-23)11-25(43)35-29-39-37-27(45-29)17-2-1-3-18(8-17)28-38-40-30(46-28)36-26(44)12-22-10-24(5-7-34-22)42-15-20(32)16-42/h4-7,9-10,17-20,25,43H,1-3,8,11-16H2,(H,35,39)(H,36,40,44)/t17-,18-,25?/m0/s1. The summed E-state index contributed by atoms with van der Waals surface area (Å²) >= 11 is 2.83. The van der Waals surface area contributed by atoms with Gasteiger partial charge in [0.1, 0.15) is 28.6 Å². The molecule has 3 N–H and O–H groups in total. The fourth-order valence-corrected chi connectivity index (χ4v) is 7.91. The molecule has 1 unspecified atom stereocenters. The average Bonchev–Trinajstić information content (AvgIpc) is 3.68. The molecule has 7 rings (SSSR count). The van der Waals surface area contributed by atoms with Crippen molar-refractivity contribution < 1.29 is 18.7 Å². The number of anilines is 4. The number of pyridine rings is 2. The molecule has 1 saturated carbocycles. The van der Waals surface area contributed by atoms with Crippen LogP contribution >= 0.6 is 22.7 Å². The van der Waals surface area contributed by atoms with Crippen LogP contribution < -0.4 is 20.4 Å². The Morgan fingerprint density at radius 3 is 2.07 bits per heavy atom. The number of alkyl halides is 2. The van der Waals surface area contributed by atoms with Gasteiger partial charge < -0.3 is 25.5 Å². The normalized spacial score (nSPS) is 21.0. The van der Waals surface area contributed by atoms with Crippen molar-refractivity contribution in [3.8, 4) is 0 Å². The summed E-state index contributed by atoms with van der Waals surface area (Å²) < 4.78 is 26.5. The highest BCUT2D eigenvalue weighted by Crippen LogP contribution is 2.43. The highest BCUT2D eigenvalue weighted by Gasteiger charge is 2.30. The lowest BCUT2D eigenvalue weighted by molar-refractivity contribution is -0.115. The van der Waals surface area contributed by atoms with E-state index >= 15 is 0 Å². The van der Waals surface area contributed by atoms with E-state index in [4.69, 9.17) is 0 Å². The number of hydrogen-bond donors (Lipinski definition) is 3. The highest BCUT2D eigenvalue weighted by atomic mass is 32.1. The summed E-state index contributed by atoms with van der Waals surface area (Å²) in [5.41, 5.74) is 3.09. The third kappa shape index (κ3) is 7.23. The first-order valence-electron chi connectivity index (χ1n) is 15.4. The maximum atomic E-state index is 13.3. The molecule has 46 heavy (non-hydrogen) atoms. The minimum Gasteiger partial charge on any atom is -0.373 e. The van der Waals surface area contributed by atoms with Crippen LogP contribution in [0.5, 0.6) is 0 Å². The van der Waals surface area contributed by atoms with Crippen molar-refractivity contribution in [1.29, 1.82) is 0 Å². The second kappa shape index (κ2) is 13.5. The molecule has 0 bridgehead atoms.